The lowest BCUT2D eigenvalue weighted by Crippen LogP contribution is -2.01. The third-order valence-electron chi connectivity index (χ3n) is 4.59. The predicted octanol–water partition coefficient (Wildman–Crippen LogP) is 4.19. The molecule has 7 heteroatoms. The van der Waals surface area contributed by atoms with Gasteiger partial charge in [-0.3, -0.25) is 0 Å². The second-order valence-corrected chi connectivity index (χ2v) is 6.50. The summed E-state index contributed by atoms with van der Waals surface area (Å²) in [6, 6.07) is 11.9. The predicted molar refractivity (Wildman–Crippen MR) is 109 cm³/mol. The summed E-state index contributed by atoms with van der Waals surface area (Å²) in [5.41, 5.74) is 4.92. The van der Waals surface area contributed by atoms with Crippen LogP contribution in [0.15, 0.2) is 48.9 Å². The third kappa shape index (κ3) is 3.11. The first-order valence-corrected chi connectivity index (χ1v) is 8.86. The molecule has 0 fully saturated rings. The molecule has 4 rings (SSSR count). The summed E-state index contributed by atoms with van der Waals surface area (Å²) in [5.74, 6) is 1.99. The molecule has 0 spiro atoms. The Morgan fingerprint density at radius 1 is 0.929 bits per heavy atom. The number of nitrogens with zero attached hydrogens (tertiary/aromatic N) is 4. The Labute approximate surface area is 163 Å². The van der Waals surface area contributed by atoms with Crippen molar-refractivity contribution in [1.29, 1.82) is 0 Å². The summed E-state index contributed by atoms with van der Waals surface area (Å²) in [5, 5.41) is 8.70. The van der Waals surface area contributed by atoms with Crippen molar-refractivity contribution in [2.24, 2.45) is 0 Å². The number of fused-ring (bicyclic) bond motifs is 1. The van der Waals surface area contributed by atoms with E-state index in [1.165, 1.54) is 11.9 Å². The molecule has 2 aromatic carbocycles. The van der Waals surface area contributed by atoms with Gasteiger partial charge in [0.25, 0.3) is 0 Å². The molecule has 0 radical (unpaired) electrons. The highest BCUT2D eigenvalue weighted by molar-refractivity contribution is 5.89. The van der Waals surface area contributed by atoms with Crippen molar-refractivity contribution in [2.45, 2.75) is 13.8 Å². The number of methoxy groups -OCH3 is 2. The molecule has 0 aliphatic carbocycles. The second kappa shape index (κ2) is 7.19. The Balaban J connectivity index is 1.75. The zero-order valence-electron chi connectivity index (χ0n) is 16.2. The molecule has 142 valence electrons. The minimum absolute atomic E-state index is 0.642. The fourth-order valence-electron chi connectivity index (χ4n) is 3.21. The molecule has 2 aromatic heterocycles. The molecule has 1 N–H and O–H groups in total. The Morgan fingerprint density at radius 3 is 2.50 bits per heavy atom. The number of rotatable bonds is 5. The van der Waals surface area contributed by atoms with Gasteiger partial charge in [-0.05, 0) is 37.6 Å². The van der Waals surface area contributed by atoms with E-state index in [1.54, 1.807) is 20.4 Å². The quantitative estimate of drug-likeness (QED) is 0.564. The lowest BCUT2D eigenvalue weighted by atomic mass is 10.1. The van der Waals surface area contributed by atoms with E-state index < -0.39 is 0 Å². The Bertz CT molecular complexity index is 1150. The topological polar surface area (TPSA) is 74.1 Å². The molecular formula is C21H21N5O2. The first-order chi connectivity index (χ1) is 13.6. The van der Waals surface area contributed by atoms with Crippen LogP contribution >= 0.6 is 0 Å². The largest absolute Gasteiger partial charge is 0.493 e. The van der Waals surface area contributed by atoms with Crippen LogP contribution in [0.2, 0.25) is 0 Å². The number of ether oxygens (including phenoxy) is 2. The molecule has 0 bridgehead atoms. The van der Waals surface area contributed by atoms with E-state index in [0.717, 1.165) is 28.0 Å². The molecule has 0 saturated carbocycles. The van der Waals surface area contributed by atoms with Crippen molar-refractivity contribution < 1.29 is 9.47 Å². The zero-order valence-corrected chi connectivity index (χ0v) is 16.2. The highest BCUT2D eigenvalue weighted by atomic mass is 16.5. The van der Waals surface area contributed by atoms with E-state index in [0.29, 0.717) is 17.3 Å². The molecule has 0 saturated heterocycles. The fourth-order valence-corrected chi connectivity index (χ4v) is 3.21. The summed E-state index contributed by atoms with van der Waals surface area (Å²) < 4.78 is 12.5. The van der Waals surface area contributed by atoms with Crippen LogP contribution in [-0.4, -0.2) is 34.0 Å². The second-order valence-electron chi connectivity index (χ2n) is 6.50. The van der Waals surface area contributed by atoms with Crippen LogP contribution in [0, 0.1) is 13.8 Å². The van der Waals surface area contributed by atoms with E-state index in [-0.39, 0.29) is 0 Å². The van der Waals surface area contributed by atoms with Crippen LogP contribution in [0.4, 0.5) is 11.5 Å². The van der Waals surface area contributed by atoms with Gasteiger partial charge in [-0.1, -0.05) is 17.7 Å². The van der Waals surface area contributed by atoms with Gasteiger partial charge in [0.05, 0.1) is 31.5 Å². The maximum absolute atomic E-state index is 5.37. The van der Waals surface area contributed by atoms with Crippen molar-refractivity contribution in [1.82, 2.24) is 19.7 Å². The molecule has 28 heavy (non-hydrogen) atoms. The number of hydrogen-bond donors (Lipinski definition) is 1. The van der Waals surface area contributed by atoms with Gasteiger partial charge in [-0.25, -0.2) is 14.6 Å². The fraction of sp³-hybridized carbons (Fsp3) is 0.190. The monoisotopic (exact) mass is 375 g/mol. The number of aryl methyl sites for hydroxylation is 2. The van der Waals surface area contributed by atoms with Crippen molar-refractivity contribution in [3.8, 4) is 17.2 Å². The van der Waals surface area contributed by atoms with Gasteiger partial charge < -0.3 is 14.8 Å². The van der Waals surface area contributed by atoms with Crippen LogP contribution in [-0.2, 0) is 0 Å². The Kier molecular flexibility index (Phi) is 4.57. The van der Waals surface area contributed by atoms with E-state index in [2.05, 4.69) is 52.4 Å². The minimum Gasteiger partial charge on any atom is -0.493 e. The van der Waals surface area contributed by atoms with Crippen LogP contribution in [0.5, 0.6) is 11.5 Å². The summed E-state index contributed by atoms with van der Waals surface area (Å²) in [4.78, 5) is 8.85. The first kappa shape index (κ1) is 17.8. The molecule has 0 amide bonds. The minimum atomic E-state index is 0.642. The molecule has 0 atom stereocenters. The van der Waals surface area contributed by atoms with Gasteiger partial charge in [0, 0.05) is 11.8 Å². The van der Waals surface area contributed by atoms with Crippen molar-refractivity contribution in [3.05, 3.63) is 60.0 Å². The lowest BCUT2D eigenvalue weighted by Gasteiger charge is -2.11. The molecule has 0 aliphatic rings. The third-order valence-corrected chi connectivity index (χ3v) is 4.59. The van der Waals surface area contributed by atoms with Crippen molar-refractivity contribution in [3.63, 3.8) is 0 Å². The molecule has 0 unspecified atom stereocenters. The lowest BCUT2D eigenvalue weighted by molar-refractivity contribution is 0.355. The van der Waals surface area contributed by atoms with Gasteiger partial charge >= 0.3 is 0 Å². The summed E-state index contributed by atoms with van der Waals surface area (Å²) in [7, 11) is 3.22. The van der Waals surface area contributed by atoms with Crippen LogP contribution in [0.1, 0.15) is 11.1 Å². The van der Waals surface area contributed by atoms with E-state index in [9.17, 15) is 0 Å². The number of benzene rings is 2. The Morgan fingerprint density at radius 2 is 1.75 bits per heavy atom. The maximum atomic E-state index is 5.37. The molecule has 7 nitrogen and oxygen atoms in total. The van der Waals surface area contributed by atoms with Gasteiger partial charge in [0.1, 0.15) is 12.1 Å². The molecular weight excluding hydrogens is 354 g/mol. The van der Waals surface area contributed by atoms with Crippen LogP contribution in [0.25, 0.3) is 16.7 Å². The van der Waals surface area contributed by atoms with E-state index in [4.69, 9.17) is 9.47 Å². The van der Waals surface area contributed by atoms with Gasteiger partial charge in [-0.2, -0.15) is 5.10 Å². The van der Waals surface area contributed by atoms with Gasteiger partial charge in [0.15, 0.2) is 17.1 Å². The van der Waals surface area contributed by atoms with Crippen LogP contribution < -0.4 is 14.8 Å². The first-order valence-electron chi connectivity index (χ1n) is 8.86. The van der Waals surface area contributed by atoms with E-state index in [1.807, 2.05) is 22.9 Å². The number of anilines is 2. The maximum Gasteiger partial charge on any atom is 0.168 e. The standard InChI is InChI=1S/C21H21N5O2/c1-13-5-7-17(14(2)9-13)26-21-16(11-24-26)20(22-12-23-21)25-15-6-8-18(27-3)19(10-15)28-4/h5-12H,1-4H3,(H,22,23,25). The summed E-state index contributed by atoms with van der Waals surface area (Å²) in [6.45, 7) is 4.14. The SMILES string of the molecule is COc1ccc(Nc2ncnc3c2cnn3-c2ccc(C)cc2C)cc1OC. The van der Waals surface area contributed by atoms with Crippen LogP contribution in [0.3, 0.4) is 0 Å². The normalized spacial score (nSPS) is 10.9. The molecule has 0 aliphatic heterocycles. The Hall–Kier alpha value is -3.61. The summed E-state index contributed by atoms with van der Waals surface area (Å²) in [6.07, 6.45) is 3.31. The van der Waals surface area contributed by atoms with Gasteiger partial charge in [-0.15, -0.1) is 0 Å². The summed E-state index contributed by atoms with van der Waals surface area (Å²) >= 11 is 0. The average Bonchev–Trinajstić information content (AvgIpc) is 3.13. The van der Waals surface area contributed by atoms with Gasteiger partial charge in [0.2, 0.25) is 0 Å². The molecule has 2 heterocycles. The number of aromatic nitrogens is 4. The van der Waals surface area contributed by atoms with Crippen molar-refractivity contribution in [2.75, 3.05) is 19.5 Å². The smallest absolute Gasteiger partial charge is 0.168 e. The number of nitrogens with one attached hydrogen (secondary N) is 1. The zero-order chi connectivity index (χ0) is 19.7. The highest BCUT2D eigenvalue weighted by Crippen LogP contribution is 2.32. The number of hydrogen-bond acceptors (Lipinski definition) is 6. The van der Waals surface area contributed by atoms with Crippen molar-refractivity contribution >= 4 is 22.5 Å². The van der Waals surface area contributed by atoms with E-state index >= 15 is 0 Å². The highest BCUT2D eigenvalue weighted by Gasteiger charge is 2.13. The average molecular weight is 375 g/mol. The molecule has 4 aromatic rings.